The monoisotopic (exact) mass is 335 g/mol. The lowest BCUT2D eigenvalue weighted by molar-refractivity contribution is 0.307. The van der Waals surface area contributed by atoms with Gasteiger partial charge in [-0.1, -0.05) is 51.1 Å². The maximum Gasteiger partial charge on any atom is 0.254 e. The van der Waals surface area contributed by atoms with Crippen LogP contribution in [0.25, 0.3) is 10.9 Å². The number of rotatable bonds is 9. The van der Waals surface area contributed by atoms with Gasteiger partial charge in [0.05, 0.1) is 12.1 Å². The molecule has 0 fully saturated rings. The number of aryl methyl sites for hydroxylation is 1. The third-order valence-corrected chi connectivity index (χ3v) is 4.26. The minimum atomic E-state index is -0.0169. The minimum absolute atomic E-state index is 0.0169. The Morgan fingerprint density at radius 2 is 1.83 bits per heavy atom. The number of benzene rings is 1. The van der Waals surface area contributed by atoms with Crippen LogP contribution in [0.3, 0.4) is 0 Å². The molecule has 0 atom stereocenters. The van der Waals surface area contributed by atoms with Gasteiger partial charge in [-0.25, -0.2) is 0 Å². The summed E-state index contributed by atoms with van der Waals surface area (Å²) in [6, 6.07) is 7.27. The van der Waals surface area contributed by atoms with Crippen LogP contribution in [0.4, 0.5) is 0 Å². The Morgan fingerprint density at radius 1 is 1.04 bits per heavy atom. The van der Waals surface area contributed by atoms with Crippen LogP contribution in [-0.2, 0) is 6.54 Å². The van der Waals surface area contributed by atoms with Crippen molar-refractivity contribution < 1.29 is 4.74 Å². The molecule has 1 aromatic carbocycles. The van der Waals surface area contributed by atoms with E-state index in [1.807, 2.05) is 18.2 Å². The lowest BCUT2D eigenvalue weighted by atomic mass is 10.2. The highest BCUT2D eigenvalue weighted by Crippen LogP contribution is 2.27. The molecule has 0 amide bonds. The van der Waals surface area contributed by atoms with Gasteiger partial charge in [0.2, 0.25) is 0 Å². The third-order valence-electron chi connectivity index (χ3n) is 4.03. The third kappa shape index (κ3) is 4.74. The Hall–Kier alpha value is -1.48. The first-order chi connectivity index (χ1) is 11.2. The molecule has 1 aromatic heterocycles. The number of nitrogens with zero attached hydrogens (tertiary/aromatic N) is 1. The number of fused-ring (bicyclic) bond motifs is 1. The van der Waals surface area contributed by atoms with Gasteiger partial charge in [0, 0.05) is 23.0 Å². The predicted molar refractivity (Wildman–Crippen MR) is 97.8 cm³/mol. The lowest BCUT2D eigenvalue weighted by Crippen LogP contribution is -2.20. The molecule has 4 heteroatoms. The quantitative estimate of drug-likeness (QED) is 0.573. The van der Waals surface area contributed by atoms with E-state index in [1.54, 1.807) is 10.6 Å². The van der Waals surface area contributed by atoms with Crippen molar-refractivity contribution in [3.63, 3.8) is 0 Å². The van der Waals surface area contributed by atoms with Gasteiger partial charge in [-0.05, 0) is 31.0 Å². The molecule has 0 bridgehead atoms. The Morgan fingerprint density at radius 3 is 2.57 bits per heavy atom. The van der Waals surface area contributed by atoms with E-state index >= 15 is 0 Å². The predicted octanol–water partition coefficient (Wildman–Crippen LogP) is 5.41. The Kier molecular flexibility index (Phi) is 6.97. The minimum Gasteiger partial charge on any atom is -0.493 e. The molecular formula is C19H26ClNO2. The highest BCUT2D eigenvalue weighted by Gasteiger charge is 2.10. The Bertz CT molecular complexity index is 694. The summed E-state index contributed by atoms with van der Waals surface area (Å²) in [6.45, 7) is 5.67. The number of halogens is 1. The molecule has 0 radical (unpaired) electrons. The zero-order chi connectivity index (χ0) is 16.7. The summed E-state index contributed by atoms with van der Waals surface area (Å²) >= 11 is 6.13. The fourth-order valence-electron chi connectivity index (χ4n) is 2.70. The summed E-state index contributed by atoms with van der Waals surface area (Å²) in [5.74, 6) is 0.672. The zero-order valence-corrected chi connectivity index (χ0v) is 14.9. The molecule has 23 heavy (non-hydrogen) atoms. The fraction of sp³-hybridized carbons (Fsp3) is 0.526. The molecule has 2 aromatic rings. The van der Waals surface area contributed by atoms with Crippen molar-refractivity contribution >= 4 is 22.5 Å². The van der Waals surface area contributed by atoms with Gasteiger partial charge in [0.25, 0.3) is 5.56 Å². The zero-order valence-electron chi connectivity index (χ0n) is 14.1. The van der Waals surface area contributed by atoms with E-state index in [1.165, 1.54) is 12.8 Å². The van der Waals surface area contributed by atoms with Crippen LogP contribution in [0.5, 0.6) is 5.75 Å². The van der Waals surface area contributed by atoms with E-state index in [0.717, 1.165) is 36.6 Å². The first-order valence-corrected chi connectivity index (χ1v) is 9.01. The normalized spacial score (nSPS) is 11.1. The summed E-state index contributed by atoms with van der Waals surface area (Å²) in [4.78, 5) is 12.4. The van der Waals surface area contributed by atoms with Crippen molar-refractivity contribution in [2.75, 3.05) is 6.61 Å². The lowest BCUT2D eigenvalue weighted by Gasteiger charge is -2.14. The SMILES string of the molecule is CCCCCCOc1cc(=O)n(CCCC)c2cc(Cl)ccc12. The van der Waals surface area contributed by atoms with Crippen molar-refractivity contribution in [3.8, 4) is 5.75 Å². The van der Waals surface area contributed by atoms with Gasteiger partial charge >= 0.3 is 0 Å². The maximum atomic E-state index is 12.4. The molecule has 0 saturated carbocycles. The van der Waals surface area contributed by atoms with E-state index in [2.05, 4.69) is 13.8 Å². The van der Waals surface area contributed by atoms with E-state index < -0.39 is 0 Å². The number of ether oxygens (including phenoxy) is 1. The molecule has 126 valence electrons. The van der Waals surface area contributed by atoms with Crippen LogP contribution in [-0.4, -0.2) is 11.2 Å². The number of hydrogen-bond donors (Lipinski definition) is 0. The number of unbranched alkanes of at least 4 members (excludes halogenated alkanes) is 4. The fourth-order valence-corrected chi connectivity index (χ4v) is 2.87. The molecule has 0 N–H and O–H groups in total. The highest BCUT2D eigenvalue weighted by atomic mass is 35.5. The first-order valence-electron chi connectivity index (χ1n) is 8.63. The van der Waals surface area contributed by atoms with Crippen molar-refractivity contribution in [1.29, 1.82) is 0 Å². The smallest absolute Gasteiger partial charge is 0.254 e. The summed E-state index contributed by atoms with van der Waals surface area (Å²) in [5, 5.41) is 1.60. The summed E-state index contributed by atoms with van der Waals surface area (Å²) in [5.41, 5.74) is 0.846. The van der Waals surface area contributed by atoms with E-state index in [9.17, 15) is 4.79 Å². The van der Waals surface area contributed by atoms with Gasteiger partial charge < -0.3 is 9.30 Å². The Labute approximate surface area is 143 Å². The molecule has 0 spiro atoms. The molecule has 0 saturated heterocycles. The molecule has 0 aliphatic rings. The van der Waals surface area contributed by atoms with Crippen molar-refractivity contribution in [2.24, 2.45) is 0 Å². The maximum absolute atomic E-state index is 12.4. The van der Waals surface area contributed by atoms with Crippen LogP contribution in [0.2, 0.25) is 5.02 Å². The van der Waals surface area contributed by atoms with Gasteiger partial charge in [-0.15, -0.1) is 0 Å². The van der Waals surface area contributed by atoms with Crippen LogP contribution >= 0.6 is 11.6 Å². The average Bonchev–Trinajstić information content (AvgIpc) is 2.54. The molecule has 3 nitrogen and oxygen atoms in total. The van der Waals surface area contributed by atoms with Gasteiger partial charge in [-0.3, -0.25) is 4.79 Å². The van der Waals surface area contributed by atoms with Crippen LogP contribution < -0.4 is 10.3 Å². The van der Waals surface area contributed by atoms with Gasteiger partial charge in [0.1, 0.15) is 5.75 Å². The van der Waals surface area contributed by atoms with Crippen molar-refractivity contribution in [3.05, 3.63) is 39.6 Å². The van der Waals surface area contributed by atoms with Crippen molar-refractivity contribution in [2.45, 2.75) is 58.9 Å². The molecule has 0 unspecified atom stereocenters. The van der Waals surface area contributed by atoms with Crippen LogP contribution in [0, 0.1) is 0 Å². The second kappa shape index (κ2) is 8.97. The standard InChI is InChI=1S/C19H26ClNO2/c1-3-5-7-8-12-23-18-14-19(22)21(11-6-4-2)17-13-15(20)9-10-16(17)18/h9-10,13-14H,3-8,11-12H2,1-2H3. The Balaban J connectivity index is 2.29. The van der Waals surface area contributed by atoms with Gasteiger partial charge in [0.15, 0.2) is 0 Å². The average molecular weight is 336 g/mol. The summed E-state index contributed by atoms with van der Waals surface area (Å²) in [7, 11) is 0. The van der Waals surface area contributed by atoms with Crippen molar-refractivity contribution in [1.82, 2.24) is 4.57 Å². The molecule has 2 rings (SSSR count). The number of aromatic nitrogens is 1. The molecule has 0 aliphatic heterocycles. The second-order valence-electron chi connectivity index (χ2n) is 5.92. The number of hydrogen-bond acceptors (Lipinski definition) is 2. The van der Waals surface area contributed by atoms with E-state index in [-0.39, 0.29) is 5.56 Å². The van der Waals surface area contributed by atoms with E-state index in [0.29, 0.717) is 23.9 Å². The highest BCUT2D eigenvalue weighted by molar-refractivity contribution is 6.31. The molecular weight excluding hydrogens is 310 g/mol. The topological polar surface area (TPSA) is 31.2 Å². The summed E-state index contributed by atoms with van der Waals surface area (Å²) < 4.78 is 7.69. The first kappa shape index (κ1) is 17.9. The van der Waals surface area contributed by atoms with Crippen LogP contribution in [0.1, 0.15) is 52.4 Å². The largest absolute Gasteiger partial charge is 0.493 e. The number of pyridine rings is 1. The molecule has 0 aliphatic carbocycles. The van der Waals surface area contributed by atoms with Gasteiger partial charge in [-0.2, -0.15) is 0 Å². The molecule has 1 heterocycles. The van der Waals surface area contributed by atoms with Crippen LogP contribution in [0.15, 0.2) is 29.1 Å². The van der Waals surface area contributed by atoms with E-state index in [4.69, 9.17) is 16.3 Å². The summed E-state index contributed by atoms with van der Waals surface area (Å²) in [6.07, 6.45) is 6.62. The second-order valence-corrected chi connectivity index (χ2v) is 6.36.